The Hall–Kier alpha value is -2.34. The van der Waals surface area contributed by atoms with E-state index in [0.29, 0.717) is 10.8 Å². The van der Waals surface area contributed by atoms with Crippen LogP contribution < -0.4 is 0 Å². The lowest BCUT2D eigenvalue weighted by Gasteiger charge is -2.22. The van der Waals surface area contributed by atoms with E-state index in [1.807, 2.05) is 0 Å². The van der Waals surface area contributed by atoms with Gasteiger partial charge in [0.1, 0.15) is 0 Å². The molecule has 1 atom stereocenters. The molecule has 0 aliphatic rings. The topological polar surface area (TPSA) is 0 Å². The van der Waals surface area contributed by atoms with Crippen LogP contribution in [0.3, 0.4) is 0 Å². The normalized spacial score (nSPS) is 13.3. The first-order valence-corrected chi connectivity index (χ1v) is 11.3. The molecule has 158 valence electrons. The SMILES string of the molecule is CC(C)(C)CCc1ccc(C(c2ccccc2)c2ccc(CC(C)(C)C)cc2)cc1. The van der Waals surface area contributed by atoms with Crippen molar-refractivity contribution >= 4 is 0 Å². The lowest BCUT2D eigenvalue weighted by atomic mass is 9.82. The predicted molar refractivity (Wildman–Crippen MR) is 131 cm³/mol. The van der Waals surface area contributed by atoms with Gasteiger partial charge < -0.3 is 0 Å². The molecule has 0 aliphatic carbocycles. The summed E-state index contributed by atoms with van der Waals surface area (Å²) >= 11 is 0. The van der Waals surface area contributed by atoms with Gasteiger partial charge in [0.25, 0.3) is 0 Å². The minimum absolute atomic E-state index is 0.270. The third-order valence-corrected chi connectivity index (χ3v) is 5.66. The van der Waals surface area contributed by atoms with Crippen molar-refractivity contribution in [2.45, 2.75) is 66.7 Å². The zero-order valence-corrected chi connectivity index (χ0v) is 19.7. The molecule has 0 radical (unpaired) electrons. The molecule has 30 heavy (non-hydrogen) atoms. The smallest absolute Gasteiger partial charge is 0.0339 e. The summed E-state index contributed by atoms with van der Waals surface area (Å²) in [5.74, 6) is 0.270. The van der Waals surface area contributed by atoms with E-state index >= 15 is 0 Å². The van der Waals surface area contributed by atoms with E-state index in [1.54, 1.807) is 0 Å². The van der Waals surface area contributed by atoms with E-state index in [0.717, 1.165) is 12.8 Å². The Morgan fingerprint density at radius 2 is 1.00 bits per heavy atom. The second-order valence-corrected chi connectivity index (χ2v) is 11.1. The minimum atomic E-state index is 0.270. The first-order chi connectivity index (χ1) is 14.1. The second kappa shape index (κ2) is 9.21. The van der Waals surface area contributed by atoms with Crippen LogP contribution in [0.1, 0.15) is 81.7 Å². The summed E-state index contributed by atoms with van der Waals surface area (Å²) in [4.78, 5) is 0. The molecule has 3 rings (SSSR count). The van der Waals surface area contributed by atoms with Crippen LogP contribution in [0.25, 0.3) is 0 Å². The van der Waals surface area contributed by atoms with E-state index in [-0.39, 0.29) is 5.92 Å². The summed E-state index contributed by atoms with van der Waals surface area (Å²) in [6, 6.07) is 29.5. The first kappa shape index (κ1) is 22.3. The van der Waals surface area contributed by atoms with Gasteiger partial charge in [0.15, 0.2) is 0 Å². The lowest BCUT2D eigenvalue weighted by molar-refractivity contribution is 0.378. The number of hydrogen-bond donors (Lipinski definition) is 0. The second-order valence-electron chi connectivity index (χ2n) is 11.1. The molecule has 0 heteroatoms. The molecule has 0 saturated carbocycles. The van der Waals surface area contributed by atoms with Crippen LogP contribution >= 0.6 is 0 Å². The monoisotopic (exact) mass is 398 g/mol. The summed E-state index contributed by atoms with van der Waals surface area (Å²) in [6.45, 7) is 13.8. The average molecular weight is 399 g/mol. The molecular weight excluding hydrogens is 360 g/mol. The molecule has 0 aromatic heterocycles. The number of rotatable bonds is 6. The highest BCUT2D eigenvalue weighted by molar-refractivity contribution is 5.44. The molecule has 0 fully saturated rings. The van der Waals surface area contributed by atoms with Crippen LogP contribution in [0.5, 0.6) is 0 Å². The Kier molecular flexibility index (Phi) is 6.86. The van der Waals surface area contributed by atoms with Gasteiger partial charge in [-0.25, -0.2) is 0 Å². The van der Waals surface area contributed by atoms with Gasteiger partial charge >= 0.3 is 0 Å². The fourth-order valence-electron chi connectivity index (χ4n) is 4.06. The molecule has 0 nitrogen and oxygen atoms in total. The van der Waals surface area contributed by atoms with E-state index in [9.17, 15) is 0 Å². The van der Waals surface area contributed by atoms with Crippen LogP contribution in [-0.4, -0.2) is 0 Å². The number of hydrogen-bond acceptors (Lipinski definition) is 0. The van der Waals surface area contributed by atoms with Gasteiger partial charge in [-0.05, 0) is 57.9 Å². The third-order valence-electron chi connectivity index (χ3n) is 5.66. The summed E-state index contributed by atoms with van der Waals surface area (Å²) in [6.07, 6.45) is 3.46. The van der Waals surface area contributed by atoms with Gasteiger partial charge in [-0.1, -0.05) is 120 Å². The van der Waals surface area contributed by atoms with Crippen molar-refractivity contribution in [3.8, 4) is 0 Å². The van der Waals surface area contributed by atoms with E-state index < -0.39 is 0 Å². The van der Waals surface area contributed by atoms with Crippen LogP contribution in [0, 0.1) is 10.8 Å². The fraction of sp³-hybridized carbons (Fsp3) is 0.400. The maximum absolute atomic E-state index is 2.33. The van der Waals surface area contributed by atoms with E-state index in [2.05, 4.69) is 120 Å². The highest BCUT2D eigenvalue weighted by Crippen LogP contribution is 2.33. The van der Waals surface area contributed by atoms with Crippen molar-refractivity contribution in [3.63, 3.8) is 0 Å². The summed E-state index contributed by atoms with van der Waals surface area (Å²) in [5, 5.41) is 0. The number of benzene rings is 3. The standard InChI is InChI=1S/C30H38/c1-29(2,3)21-20-23-12-16-26(17-13-23)28(25-10-8-7-9-11-25)27-18-14-24(15-19-27)22-30(4,5)6/h7-19,28H,20-22H2,1-6H3. The molecule has 0 N–H and O–H groups in total. The Morgan fingerprint density at radius 3 is 1.47 bits per heavy atom. The Morgan fingerprint density at radius 1 is 0.533 bits per heavy atom. The van der Waals surface area contributed by atoms with Crippen molar-refractivity contribution < 1.29 is 0 Å². The third kappa shape index (κ3) is 6.59. The highest BCUT2D eigenvalue weighted by Gasteiger charge is 2.18. The molecule has 0 spiro atoms. The van der Waals surface area contributed by atoms with Crippen LogP contribution in [-0.2, 0) is 12.8 Å². The zero-order chi connectivity index (χ0) is 21.8. The highest BCUT2D eigenvalue weighted by atomic mass is 14.2. The van der Waals surface area contributed by atoms with Crippen LogP contribution in [0.2, 0.25) is 0 Å². The minimum Gasteiger partial charge on any atom is -0.0622 e. The molecule has 3 aromatic carbocycles. The Labute approximate surface area is 184 Å². The van der Waals surface area contributed by atoms with Gasteiger partial charge in [0.2, 0.25) is 0 Å². The maximum Gasteiger partial charge on any atom is 0.0339 e. The van der Waals surface area contributed by atoms with Gasteiger partial charge in [-0.15, -0.1) is 0 Å². The molecule has 0 saturated heterocycles. The maximum atomic E-state index is 2.33. The Bertz CT molecular complexity index is 901. The predicted octanol–water partition coefficient (Wildman–Crippen LogP) is 8.43. The van der Waals surface area contributed by atoms with Crippen molar-refractivity contribution in [3.05, 3.63) is 107 Å². The van der Waals surface area contributed by atoms with Crippen molar-refractivity contribution in [1.82, 2.24) is 0 Å². The molecule has 0 heterocycles. The van der Waals surface area contributed by atoms with Crippen molar-refractivity contribution in [1.29, 1.82) is 0 Å². The molecule has 3 aromatic rings. The number of aryl methyl sites for hydroxylation is 1. The molecular formula is C30H38. The molecule has 1 unspecified atom stereocenters. The van der Waals surface area contributed by atoms with E-state index in [4.69, 9.17) is 0 Å². The largest absolute Gasteiger partial charge is 0.0622 e. The van der Waals surface area contributed by atoms with Gasteiger partial charge in [-0.2, -0.15) is 0 Å². The first-order valence-electron chi connectivity index (χ1n) is 11.3. The molecule has 0 amide bonds. The van der Waals surface area contributed by atoms with Crippen LogP contribution in [0.15, 0.2) is 78.9 Å². The quantitative estimate of drug-likeness (QED) is 0.365. The molecule has 0 aliphatic heterocycles. The van der Waals surface area contributed by atoms with Gasteiger partial charge in [0.05, 0.1) is 0 Å². The van der Waals surface area contributed by atoms with E-state index in [1.165, 1.54) is 34.2 Å². The molecule has 0 bridgehead atoms. The van der Waals surface area contributed by atoms with Crippen molar-refractivity contribution in [2.75, 3.05) is 0 Å². The Balaban J connectivity index is 1.89. The van der Waals surface area contributed by atoms with Gasteiger partial charge in [-0.3, -0.25) is 0 Å². The lowest BCUT2D eigenvalue weighted by Crippen LogP contribution is -2.09. The summed E-state index contributed by atoms with van der Waals surface area (Å²) < 4.78 is 0. The van der Waals surface area contributed by atoms with Crippen molar-refractivity contribution in [2.24, 2.45) is 10.8 Å². The van der Waals surface area contributed by atoms with Gasteiger partial charge in [0, 0.05) is 5.92 Å². The average Bonchev–Trinajstić information content (AvgIpc) is 2.68. The van der Waals surface area contributed by atoms with Crippen LogP contribution in [0.4, 0.5) is 0 Å². The summed E-state index contributed by atoms with van der Waals surface area (Å²) in [5.41, 5.74) is 7.61. The fourth-order valence-corrected chi connectivity index (χ4v) is 4.06. The summed E-state index contributed by atoms with van der Waals surface area (Å²) in [7, 11) is 0. The zero-order valence-electron chi connectivity index (χ0n) is 19.7.